The summed E-state index contributed by atoms with van der Waals surface area (Å²) in [5.74, 6) is 0. The summed E-state index contributed by atoms with van der Waals surface area (Å²) in [6, 6.07) is 13.2. The fourth-order valence-electron chi connectivity index (χ4n) is 2.60. The number of alkyl halides is 3. The summed E-state index contributed by atoms with van der Waals surface area (Å²) >= 11 is 5.78. The molecule has 1 N–H and O–H groups in total. The highest BCUT2D eigenvalue weighted by Gasteiger charge is 2.42. The van der Waals surface area contributed by atoms with E-state index in [0.717, 1.165) is 0 Å². The van der Waals surface area contributed by atoms with Gasteiger partial charge < -0.3 is 4.98 Å². The number of nitro groups is 1. The molecule has 0 saturated carbocycles. The molecule has 0 aliphatic heterocycles. The number of hydrogen-bond acceptors (Lipinski definition) is 2. The monoisotopic (exact) mass is 366 g/mol. The number of rotatable bonds is 3. The fraction of sp³-hybridized carbons (Fsp3) is 0.0588. The van der Waals surface area contributed by atoms with Crippen molar-refractivity contribution >= 4 is 17.3 Å². The van der Waals surface area contributed by atoms with Crippen LogP contribution >= 0.6 is 11.6 Å². The van der Waals surface area contributed by atoms with Crippen LogP contribution in [-0.2, 0) is 6.18 Å². The summed E-state index contributed by atoms with van der Waals surface area (Å²) in [4.78, 5) is 13.0. The summed E-state index contributed by atoms with van der Waals surface area (Å²) in [7, 11) is 0. The molecule has 0 aliphatic rings. The zero-order valence-corrected chi connectivity index (χ0v) is 13.2. The van der Waals surface area contributed by atoms with E-state index in [-0.39, 0.29) is 16.8 Å². The molecule has 2 aromatic carbocycles. The SMILES string of the molecule is O=[N+]([O-])c1c(-c2ccc(Cl)cc2)[nH]c(C(F)(F)F)c1-c1ccccc1. The van der Waals surface area contributed by atoms with Crippen LogP contribution in [0.1, 0.15) is 5.69 Å². The molecule has 0 bridgehead atoms. The van der Waals surface area contributed by atoms with Crippen molar-refractivity contribution in [2.45, 2.75) is 6.18 Å². The number of aromatic nitrogens is 1. The van der Waals surface area contributed by atoms with Gasteiger partial charge in [0.25, 0.3) is 0 Å². The van der Waals surface area contributed by atoms with Gasteiger partial charge in [-0.2, -0.15) is 13.2 Å². The predicted octanol–water partition coefficient (Wildman–Crippen LogP) is 5.93. The Morgan fingerprint density at radius 1 is 0.960 bits per heavy atom. The molecule has 4 nitrogen and oxygen atoms in total. The number of hydrogen-bond donors (Lipinski definition) is 1. The Morgan fingerprint density at radius 2 is 1.56 bits per heavy atom. The predicted molar refractivity (Wildman–Crippen MR) is 88.3 cm³/mol. The first kappa shape index (κ1) is 17.0. The number of H-pyrrole nitrogens is 1. The van der Waals surface area contributed by atoms with Crippen molar-refractivity contribution < 1.29 is 18.1 Å². The van der Waals surface area contributed by atoms with Crippen molar-refractivity contribution in [1.29, 1.82) is 0 Å². The van der Waals surface area contributed by atoms with E-state index in [4.69, 9.17) is 11.6 Å². The molecular weight excluding hydrogens is 357 g/mol. The van der Waals surface area contributed by atoms with Crippen LogP contribution in [-0.4, -0.2) is 9.91 Å². The van der Waals surface area contributed by atoms with E-state index >= 15 is 0 Å². The quantitative estimate of drug-likeness (QED) is 0.461. The second-order valence-electron chi connectivity index (χ2n) is 5.23. The molecule has 0 spiro atoms. The average Bonchev–Trinajstić information content (AvgIpc) is 2.97. The highest BCUT2D eigenvalue weighted by molar-refractivity contribution is 6.30. The van der Waals surface area contributed by atoms with E-state index in [0.29, 0.717) is 5.02 Å². The number of nitrogens with zero attached hydrogens (tertiary/aromatic N) is 1. The number of halogens is 4. The van der Waals surface area contributed by atoms with E-state index in [1.165, 1.54) is 48.5 Å². The van der Waals surface area contributed by atoms with Crippen molar-refractivity contribution in [3.63, 3.8) is 0 Å². The zero-order valence-electron chi connectivity index (χ0n) is 12.5. The summed E-state index contributed by atoms with van der Waals surface area (Å²) in [6.45, 7) is 0. The molecule has 128 valence electrons. The van der Waals surface area contributed by atoms with Gasteiger partial charge in [0, 0.05) is 10.6 Å². The fourth-order valence-corrected chi connectivity index (χ4v) is 2.72. The van der Waals surface area contributed by atoms with Gasteiger partial charge in [-0.25, -0.2) is 0 Å². The minimum absolute atomic E-state index is 0.109. The highest BCUT2D eigenvalue weighted by Crippen LogP contribution is 2.46. The van der Waals surface area contributed by atoms with Crippen molar-refractivity contribution in [1.82, 2.24) is 4.98 Å². The molecule has 0 unspecified atom stereocenters. The highest BCUT2D eigenvalue weighted by atomic mass is 35.5. The second kappa shape index (κ2) is 6.25. The minimum Gasteiger partial charge on any atom is -0.345 e. The Morgan fingerprint density at radius 3 is 2.08 bits per heavy atom. The molecule has 3 aromatic rings. The molecular formula is C17H10ClF3N2O2. The maximum absolute atomic E-state index is 13.5. The van der Waals surface area contributed by atoms with Gasteiger partial charge in [-0.3, -0.25) is 10.1 Å². The van der Waals surface area contributed by atoms with E-state index in [9.17, 15) is 23.3 Å². The molecule has 0 saturated heterocycles. The van der Waals surface area contributed by atoms with Crippen LogP contribution in [0.5, 0.6) is 0 Å². The van der Waals surface area contributed by atoms with Crippen LogP contribution < -0.4 is 0 Å². The average molecular weight is 367 g/mol. The standard InChI is InChI=1S/C17H10ClF3N2O2/c18-12-8-6-11(7-9-12)14-15(23(24)25)13(10-4-2-1-3-5-10)16(22-14)17(19,20)21/h1-9,22H. The molecule has 0 aliphatic carbocycles. The first-order valence-corrected chi connectivity index (χ1v) is 7.45. The Kier molecular flexibility index (Phi) is 4.26. The topological polar surface area (TPSA) is 58.9 Å². The van der Waals surface area contributed by atoms with E-state index in [1.807, 2.05) is 0 Å². The smallest absolute Gasteiger partial charge is 0.345 e. The van der Waals surface area contributed by atoms with E-state index in [1.54, 1.807) is 6.07 Å². The summed E-state index contributed by atoms with van der Waals surface area (Å²) in [5, 5.41) is 12.0. The van der Waals surface area contributed by atoms with E-state index < -0.39 is 28.0 Å². The summed E-state index contributed by atoms with van der Waals surface area (Å²) in [6.07, 6.45) is -4.78. The van der Waals surface area contributed by atoms with Crippen LogP contribution in [0.25, 0.3) is 22.4 Å². The molecule has 1 aromatic heterocycles. The van der Waals surface area contributed by atoms with Crippen molar-refractivity contribution in [3.05, 3.63) is 75.4 Å². The van der Waals surface area contributed by atoms with Crippen LogP contribution in [0.3, 0.4) is 0 Å². The van der Waals surface area contributed by atoms with Gasteiger partial charge in [0.05, 0.1) is 10.5 Å². The van der Waals surface area contributed by atoms with Gasteiger partial charge in [0.2, 0.25) is 0 Å². The van der Waals surface area contributed by atoms with Gasteiger partial charge >= 0.3 is 11.9 Å². The third-order valence-corrected chi connectivity index (χ3v) is 3.89. The van der Waals surface area contributed by atoms with Crippen LogP contribution in [0.15, 0.2) is 54.6 Å². The van der Waals surface area contributed by atoms with Gasteiger partial charge in [-0.1, -0.05) is 54.1 Å². The van der Waals surface area contributed by atoms with E-state index in [2.05, 4.69) is 4.98 Å². The van der Waals surface area contributed by atoms with Gasteiger partial charge in [0.15, 0.2) is 0 Å². The third-order valence-electron chi connectivity index (χ3n) is 3.64. The number of aromatic amines is 1. The van der Waals surface area contributed by atoms with Crippen LogP contribution in [0, 0.1) is 10.1 Å². The minimum atomic E-state index is -4.78. The first-order chi connectivity index (χ1) is 11.8. The first-order valence-electron chi connectivity index (χ1n) is 7.08. The maximum Gasteiger partial charge on any atom is 0.432 e. The molecule has 8 heteroatoms. The van der Waals surface area contributed by atoms with Crippen molar-refractivity contribution in [2.24, 2.45) is 0 Å². The summed E-state index contributed by atoms with van der Waals surface area (Å²) < 4.78 is 40.5. The lowest BCUT2D eigenvalue weighted by atomic mass is 10.0. The normalized spacial score (nSPS) is 11.5. The van der Waals surface area contributed by atoms with Crippen molar-refractivity contribution in [3.8, 4) is 22.4 Å². The Labute approximate surface area is 145 Å². The lowest BCUT2D eigenvalue weighted by Crippen LogP contribution is -2.07. The van der Waals surface area contributed by atoms with Gasteiger partial charge in [-0.15, -0.1) is 0 Å². The summed E-state index contributed by atoms with van der Waals surface area (Å²) in [5.41, 5.74) is -2.13. The molecule has 0 amide bonds. The number of nitrogens with one attached hydrogen (secondary N) is 1. The lowest BCUT2D eigenvalue weighted by molar-refractivity contribution is -0.383. The molecule has 25 heavy (non-hydrogen) atoms. The molecule has 0 fully saturated rings. The van der Waals surface area contributed by atoms with Crippen LogP contribution in [0.2, 0.25) is 5.02 Å². The van der Waals surface area contributed by atoms with Crippen molar-refractivity contribution in [2.75, 3.05) is 0 Å². The molecule has 0 atom stereocenters. The molecule has 0 radical (unpaired) electrons. The third kappa shape index (κ3) is 3.23. The zero-order chi connectivity index (χ0) is 18.2. The molecule has 1 heterocycles. The van der Waals surface area contributed by atoms with Gasteiger partial charge in [0.1, 0.15) is 11.4 Å². The molecule has 3 rings (SSSR count). The Bertz CT molecular complexity index is 920. The van der Waals surface area contributed by atoms with Gasteiger partial charge in [-0.05, 0) is 17.7 Å². The number of benzene rings is 2. The lowest BCUT2D eigenvalue weighted by Gasteiger charge is -2.07. The Balaban J connectivity index is 2.36. The second-order valence-corrected chi connectivity index (χ2v) is 5.66. The largest absolute Gasteiger partial charge is 0.432 e. The Hall–Kier alpha value is -2.80. The van der Waals surface area contributed by atoms with Crippen LogP contribution in [0.4, 0.5) is 18.9 Å². The maximum atomic E-state index is 13.5.